The van der Waals surface area contributed by atoms with Gasteiger partial charge in [-0.25, -0.2) is 8.78 Å². The van der Waals surface area contributed by atoms with Gasteiger partial charge in [-0.2, -0.15) is 0 Å². The maximum atomic E-state index is 14.6. The number of nitrogens with zero attached hydrogens (tertiary/aromatic N) is 1. The van der Waals surface area contributed by atoms with E-state index in [4.69, 9.17) is 0 Å². The largest absolute Gasteiger partial charge is 0.371 e. The lowest BCUT2D eigenvalue weighted by atomic mass is 9.89. The smallest absolute Gasteiger partial charge is 0.234 e. The maximum Gasteiger partial charge on any atom is 0.234 e. The molecule has 6 heteroatoms. The summed E-state index contributed by atoms with van der Waals surface area (Å²) in [5.74, 6) is -1.70. The van der Waals surface area contributed by atoms with Gasteiger partial charge in [0.15, 0.2) is 0 Å². The van der Waals surface area contributed by atoms with E-state index in [0.717, 1.165) is 37.8 Å². The molecule has 3 aliphatic rings. The molecule has 0 spiro atoms. The number of benzene rings is 1. The van der Waals surface area contributed by atoms with Crippen LogP contribution >= 0.6 is 0 Å². The highest BCUT2D eigenvalue weighted by molar-refractivity contribution is 6.01. The lowest BCUT2D eigenvalue weighted by Crippen LogP contribution is -2.40. The van der Waals surface area contributed by atoms with Gasteiger partial charge in [-0.1, -0.05) is 12.8 Å². The fourth-order valence-corrected chi connectivity index (χ4v) is 4.31. The average Bonchev–Trinajstić information content (AvgIpc) is 3.41. The normalized spacial score (nSPS) is 24.7. The molecule has 1 atom stereocenters. The Balaban J connectivity index is 1.47. The molecule has 2 saturated heterocycles. The van der Waals surface area contributed by atoms with Crippen LogP contribution in [0.15, 0.2) is 12.1 Å². The van der Waals surface area contributed by atoms with Gasteiger partial charge in [0, 0.05) is 30.8 Å². The van der Waals surface area contributed by atoms with Gasteiger partial charge in [0.1, 0.15) is 11.6 Å². The maximum absolute atomic E-state index is 14.6. The van der Waals surface area contributed by atoms with E-state index in [-0.39, 0.29) is 18.4 Å². The van der Waals surface area contributed by atoms with E-state index in [0.29, 0.717) is 5.69 Å². The number of hydrogen-bond donors (Lipinski definition) is 1. The fraction of sp³-hybridized carbons (Fsp3) is 0.600. The summed E-state index contributed by atoms with van der Waals surface area (Å²) >= 11 is 0. The second-order valence-corrected chi connectivity index (χ2v) is 7.94. The average molecular weight is 362 g/mol. The highest BCUT2D eigenvalue weighted by Gasteiger charge is 2.33. The number of carbonyl (C=O) groups is 2. The first-order chi connectivity index (χ1) is 12.5. The summed E-state index contributed by atoms with van der Waals surface area (Å²) in [5.41, 5.74) is 0.322. The van der Waals surface area contributed by atoms with Gasteiger partial charge in [-0.05, 0) is 49.7 Å². The zero-order valence-corrected chi connectivity index (χ0v) is 14.8. The van der Waals surface area contributed by atoms with Crippen LogP contribution in [0.2, 0.25) is 0 Å². The van der Waals surface area contributed by atoms with Gasteiger partial charge >= 0.3 is 0 Å². The lowest BCUT2D eigenvalue weighted by Gasteiger charge is -2.34. The number of nitrogens with one attached hydrogen (secondary N) is 1. The van der Waals surface area contributed by atoms with Crippen molar-refractivity contribution in [2.75, 3.05) is 18.0 Å². The highest BCUT2D eigenvalue weighted by Crippen LogP contribution is 2.39. The molecule has 3 fully saturated rings. The molecule has 2 aliphatic heterocycles. The predicted molar refractivity (Wildman–Crippen MR) is 93.8 cm³/mol. The molecule has 1 saturated carbocycles. The van der Waals surface area contributed by atoms with Crippen LogP contribution in [0.3, 0.4) is 0 Å². The first kappa shape index (κ1) is 17.4. The molecule has 2 heterocycles. The fourth-order valence-electron chi connectivity index (χ4n) is 4.31. The topological polar surface area (TPSA) is 49.4 Å². The molecule has 1 N–H and O–H groups in total. The summed E-state index contributed by atoms with van der Waals surface area (Å²) in [6.07, 6.45) is 6.39. The van der Waals surface area contributed by atoms with Crippen molar-refractivity contribution in [3.8, 4) is 0 Å². The molecule has 1 aromatic rings. The predicted octanol–water partition coefficient (Wildman–Crippen LogP) is 3.50. The minimum atomic E-state index is -0.939. The van der Waals surface area contributed by atoms with Gasteiger partial charge in [0.2, 0.25) is 11.8 Å². The third kappa shape index (κ3) is 3.60. The number of hydrogen-bond acceptors (Lipinski definition) is 3. The van der Waals surface area contributed by atoms with Gasteiger partial charge in [-0.3, -0.25) is 14.9 Å². The summed E-state index contributed by atoms with van der Waals surface area (Å²) in [4.78, 5) is 25.2. The van der Waals surface area contributed by atoms with Gasteiger partial charge in [-0.15, -0.1) is 0 Å². The standard InChI is InChI=1S/C20H24F2N2O2/c21-16-10-14(24-7-5-13(6-8-24)9-12-1-2-12)11-17(22)19(16)15-3-4-18(25)23-20(15)26/h10-13,15H,1-9H2,(H,23,25,26). The Labute approximate surface area is 151 Å². The second kappa shape index (κ2) is 6.97. The van der Waals surface area contributed by atoms with Crippen LogP contribution in [-0.2, 0) is 9.59 Å². The number of imide groups is 1. The molecular weight excluding hydrogens is 338 g/mol. The Morgan fingerprint density at radius 1 is 0.962 bits per heavy atom. The summed E-state index contributed by atoms with van der Waals surface area (Å²) in [6.45, 7) is 1.63. The second-order valence-electron chi connectivity index (χ2n) is 7.94. The van der Waals surface area contributed by atoms with Gasteiger partial charge < -0.3 is 4.90 Å². The number of carbonyl (C=O) groups excluding carboxylic acids is 2. The molecule has 4 nitrogen and oxygen atoms in total. The molecule has 0 aromatic heterocycles. The van der Waals surface area contributed by atoms with Crippen LogP contribution in [0.5, 0.6) is 0 Å². The molecule has 26 heavy (non-hydrogen) atoms. The van der Waals surface area contributed by atoms with Crippen LogP contribution in [0.25, 0.3) is 0 Å². The SMILES string of the molecule is O=C1CCC(c2c(F)cc(N3CCC(CC4CC4)CC3)cc2F)C(=O)N1. The molecule has 2 amide bonds. The van der Waals surface area contributed by atoms with E-state index in [1.54, 1.807) is 0 Å². The Kier molecular flexibility index (Phi) is 4.67. The molecule has 1 aliphatic carbocycles. The monoisotopic (exact) mass is 362 g/mol. The van der Waals surface area contributed by atoms with Crippen molar-refractivity contribution in [1.29, 1.82) is 0 Å². The number of rotatable bonds is 4. The van der Waals surface area contributed by atoms with E-state index in [1.165, 1.54) is 31.4 Å². The lowest BCUT2D eigenvalue weighted by molar-refractivity contribution is -0.134. The molecular formula is C20H24F2N2O2. The molecule has 0 bridgehead atoms. The molecule has 140 valence electrons. The van der Waals surface area contributed by atoms with E-state index >= 15 is 0 Å². The minimum Gasteiger partial charge on any atom is -0.371 e. The summed E-state index contributed by atoms with van der Waals surface area (Å²) in [7, 11) is 0. The summed E-state index contributed by atoms with van der Waals surface area (Å²) in [6, 6.07) is 2.67. The Morgan fingerprint density at radius 3 is 2.15 bits per heavy atom. The van der Waals surface area contributed by atoms with Gasteiger partial charge in [0.05, 0.1) is 5.92 Å². The Morgan fingerprint density at radius 2 is 1.58 bits per heavy atom. The Bertz CT molecular complexity index is 702. The quantitative estimate of drug-likeness (QED) is 0.834. The van der Waals surface area contributed by atoms with Crippen LogP contribution in [0.1, 0.15) is 56.4 Å². The Hall–Kier alpha value is -1.98. The van der Waals surface area contributed by atoms with E-state index < -0.39 is 29.4 Å². The molecule has 1 aromatic carbocycles. The zero-order valence-electron chi connectivity index (χ0n) is 14.8. The van der Waals surface area contributed by atoms with Crippen molar-refractivity contribution in [3.63, 3.8) is 0 Å². The molecule has 4 rings (SSSR count). The third-order valence-corrected chi connectivity index (χ3v) is 5.99. The first-order valence-corrected chi connectivity index (χ1v) is 9.59. The van der Waals surface area contributed by atoms with E-state index in [1.807, 2.05) is 4.90 Å². The van der Waals surface area contributed by atoms with E-state index in [2.05, 4.69) is 5.32 Å². The number of piperidine rings is 2. The summed E-state index contributed by atoms with van der Waals surface area (Å²) < 4.78 is 29.3. The first-order valence-electron chi connectivity index (χ1n) is 9.59. The molecule has 1 unspecified atom stereocenters. The number of amides is 2. The van der Waals surface area contributed by atoms with Crippen LogP contribution in [0.4, 0.5) is 14.5 Å². The third-order valence-electron chi connectivity index (χ3n) is 5.99. The van der Waals surface area contributed by atoms with Crippen LogP contribution < -0.4 is 10.2 Å². The summed E-state index contributed by atoms with van der Waals surface area (Å²) in [5, 5.41) is 2.16. The van der Waals surface area contributed by atoms with Crippen molar-refractivity contribution >= 4 is 17.5 Å². The zero-order chi connectivity index (χ0) is 18.3. The molecule has 0 radical (unpaired) electrons. The highest BCUT2D eigenvalue weighted by atomic mass is 19.1. The van der Waals surface area contributed by atoms with Crippen molar-refractivity contribution in [1.82, 2.24) is 5.32 Å². The van der Waals surface area contributed by atoms with Crippen molar-refractivity contribution < 1.29 is 18.4 Å². The van der Waals surface area contributed by atoms with Crippen LogP contribution in [-0.4, -0.2) is 24.9 Å². The van der Waals surface area contributed by atoms with Crippen molar-refractivity contribution in [2.45, 2.75) is 50.9 Å². The van der Waals surface area contributed by atoms with Crippen molar-refractivity contribution in [2.24, 2.45) is 11.8 Å². The number of halogens is 2. The van der Waals surface area contributed by atoms with Crippen LogP contribution in [0, 0.1) is 23.5 Å². The number of anilines is 1. The van der Waals surface area contributed by atoms with Crippen molar-refractivity contribution in [3.05, 3.63) is 29.3 Å². The van der Waals surface area contributed by atoms with Gasteiger partial charge in [0.25, 0.3) is 0 Å². The van der Waals surface area contributed by atoms with E-state index in [9.17, 15) is 18.4 Å². The minimum absolute atomic E-state index is 0.103.